The summed E-state index contributed by atoms with van der Waals surface area (Å²) in [6.45, 7) is 0. The Kier molecular flexibility index (Phi) is 2.85. The first kappa shape index (κ1) is 10.6. The molecule has 2 heterocycles. The summed E-state index contributed by atoms with van der Waals surface area (Å²) in [4.78, 5) is 18.9. The van der Waals surface area contributed by atoms with E-state index in [-0.39, 0.29) is 16.7 Å². The van der Waals surface area contributed by atoms with Gasteiger partial charge in [-0.3, -0.25) is 9.17 Å². The molecule has 6 nitrogen and oxygen atoms in total. The molecule has 0 bridgehead atoms. The van der Waals surface area contributed by atoms with Crippen LogP contribution in [0.15, 0.2) is 17.1 Å². The van der Waals surface area contributed by atoms with Gasteiger partial charge >= 0.3 is 0 Å². The van der Waals surface area contributed by atoms with Gasteiger partial charge in [0.2, 0.25) is 5.95 Å². The number of hydrogen-bond acceptors (Lipinski definition) is 6. The zero-order chi connectivity index (χ0) is 11.5. The molecule has 80 valence electrons. The number of anilines is 2. The largest absolute Gasteiger partial charge is 0.313 e. The predicted octanol–water partition coefficient (Wildman–Crippen LogP) is 1.50. The van der Waals surface area contributed by atoms with Crippen molar-refractivity contribution in [1.29, 1.82) is 5.26 Å². The Morgan fingerprint density at radius 3 is 3.12 bits per heavy atom. The third-order valence-electron chi connectivity index (χ3n) is 1.66. The van der Waals surface area contributed by atoms with Gasteiger partial charge < -0.3 is 5.32 Å². The number of aromatic nitrogens is 3. The fraction of sp³-hybridized carbons (Fsp3) is 0. The van der Waals surface area contributed by atoms with E-state index in [0.29, 0.717) is 5.00 Å². The van der Waals surface area contributed by atoms with Crippen molar-refractivity contribution in [3.8, 4) is 6.07 Å². The number of rotatable bonds is 2. The first-order chi connectivity index (χ1) is 7.70. The van der Waals surface area contributed by atoms with Gasteiger partial charge in [-0.2, -0.15) is 5.26 Å². The van der Waals surface area contributed by atoms with E-state index in [0.717, 1.165) is 11.5 Å². The zero-order valence-corrected chi connectivity index (χ0v) is 9.26. The second-order valence-corrected chi connectivity index (χ2v) is 3.88. The number of hydrogen-bond donors (Lipinski definition) is 2. The Morgan fingerprint density at radius 1 is 1.62 bits per heavy atom. The molecular weight excluding hydrogens is 250 g/mol. The van der Waals surface area contributed by atoms with Crippen LogP contribution in [0, 0.1) is 11.3 Å². The van der Waals surface area contributed by atoms with Gasteiger partial charge in [0.15, 0.2) is 5.56 Å². The molecule has 2 aromatic heterocycles. The molecule has 0 saturated carbocycles. The first-order valence-corrected chi connectivity index (χ1v) is 5.27. The Balaban J connectivity index is 2.35. The summed E-state index contributed by atoms with van der Waals surface area (Å²) in [6, 6.07) is 3.32. The molecule has 0 atom stereocenters. The molecular formula is C8H4ClN5OS. The van der Waals surface area contributed by atoms with Crippen LogP contribution in [-0.2, 0) is 0 Å². The minimum Gasteiger partial charge on any atom is -0.313 e. The highest BCUT2D eigenvalue weighted by Crippen LogP contribution is 2.19. The number of nitriles is 1. The minimum atomic E-state index is -0.433. The third-order valence-corrected chi connectivity index (χ3v) is 2.67. The highest BCUT2D eigenvalue weighted by atomic mass is 35.5. The Bertz CT molecular complexity index is 613. The van der Waals surface area contributed by atoms with Crippen molar-refractivity contribution in [2.45, 2.75) is 0 Å². The van der Waals surface area contributed by atoms with E-state index in [9.17, 15) is 4.79 Å². The van der Waals surface area contributed by atoms with E-state index in [4.69, 9.17) is 16.9 Å². The molecule has 0 aliphatic heterocycles. The summed E-state index contributed by atoms with van der Waals surface area (Å²) in [5.74, 6) is 0.235. The van der Waals surface area contributed by atoms with E-state index in [2.05, 4.69) is 19.7 Å². The Labute approximate surface area is 98.7 Å². The molecule has 0 fully saturated rings. The van der Waals surface area contributed by atoms with Crippen LogP contribution in [0.25, 0.3) is 0 Å². The highest BCUT2D eigenvalue weighted by Gasteiger charge is 2.10. The van der Waals surface area contributed by atoms with Crippen molar-refractivity contribution in [3.05, 3.63) is 33.3 Å². The lowest BCUT2D eigenvalue weighted by molar-refractivity contribution is 1.17. The lowest BCUT2D eigenvalue weighted by atomic mass is 10.4. The molecule has 0 aliphatic carbocycles. The topological polar surface area (TPSA) is 94.5 Å². The van der Waals surface area contributed by atoms with Crippen molar-refractivity contribution in [1.82, 2.24) is 14.3 Å². The molecule has 0 unspecified atom stereocenters. The van der Waals surface area contributed by atoms with Crippen molar-refractivity contribution in [2.24, 2.45) is 0 Å². The number of nitrogens with one attached hydrogen (secondary N) is 2. The summed E-state index contributed by atoms with van der Waals surface area (Å²) < 4.78 is 2.44. The van der Waals surface area contributed by atoms with Crippen LogP contribution < -0.4 is 10.9 Å². The van der Waals surface area contributed by atoms with E-state index in [1.54, 1.807) is 6.07 Å². The maximum Gasteiger partial charge on any atom is 0.278 e. The molecule has 0 aliphatic rings. The number of halogens is 1. The van der Waals surface area contributed by atoms with Crippen molar-refractivity contribution in [3.63, 3.8) is 0 Å². The van der Waals surface area contributed by atoms with Crippen LogP contribution in [0.4, 0.5) is 10.9 Å². The van der Waals surface area contributed by atoms with Crippen molar-refractivity contribution >= 4 is 34.1 Å². The van der Waals surface area contributed by atoms with Crippen LogP contribution in [-0.4, -0.2) is 14.3 Å². The lowest BCUT2D eigenvalue weighted by Gasteiger charge is -2.00. The maximum absolute atomic E-state index is 11.2. The van der Waals surface area contributed by atoms with Gasteiger partial charge in [-0.1, -0.05) is 11.6 Å². The highest BCUT2D eigenvalue weighted by molar-refractivity contribution is 7.10. The summed E-state index contributed by atoms with van der Waals surface area (Å²) in [6.07, 6.45) is 1.47. The second kappa shape index (κ2) is 4.30. The molecule has 2 N–H and O–H groups in total. The fourth-order valence-corrected chi connectivity index (χ4v) is 1.81. The van der Waals surface area contributed by atoms with Crippen molar-refractivity contribution in [2.75, 3.05) is 5.32 Å². The van der Waals surface area contributed by atoms with Gasteiger partial charge in [0, 0.05) is 6.20 Å². The van der Waals surface area contributed by atoms with Gasteiger partial charge in [0.25, 0.3) is 5.56 Å². The first-order valence-electron chi connectivity index (χ1n) is 4.08. The van der Waals surface area contributed by atoms with Gasteiger partial charge in [-0.25, -0.2) is 9.97 Å². The quantitative estimate of drug-likeness (QED) is 0.791. The molecule has 0 amide bonds. The van der Waals surface area contributed by atoms with E-state index >= 15 is 0 Å². The van der Waals surface area contributed by atoms with Gasteiger partial charge in [-0.05, 0) is 17.6 Å². The molecule has 0 spiro atoms. The average molecular weight is 254 g/mol. The van der Waals surface area contributed by atoms with E-state index < -0.39 is 5.56 Å². The van der Waals surface area contributed by atoms with Gasteiger partial charge in [0.1, 0.15) is 16.2 Å². The van der Waals surface area contributed by atoms with E-state index in [1.807, 2.05) is 0 Å². The van der Waals surface area contributed by atoms with Crippen LogP contribution >= 0.6 is 23.1 Å². The minimum absolute atomic E-state index is 0.00794. The summed E-state index contributed by atoms with van der Waals surface area (Å²) in [5.41, 5.74) is -0.425. The average Bonchev–Trinajstić information content (AvgIpc) is 2.59. The third kappa shape index (κ3) is 2.03. The Hall–Kier alpha value is -1.91. The van der Waals surface area contributed by atoms with Gasteiger partial charge in [-0.15, -0.1) is 0 Å². The van der Waals surface area contributed by atoms with Crippen LogP contribution in [0.1, 0.15) is 5.56 Å². The summed E-state index contributed by atoms with van der Waals surface area (Å²) in [7, 11) is 0. The molecule has 16 heavy (non-hydrogen) atoms. The number of nitrogens with zero attached hydrogens (tertiary/aromatic N) is 3. The van der Waals surface area contributed by atoms with Crippen LogP contribution in [0.5, 0.6) is 0 Å². The normalized spacial score (nSPS) is 9.75. The van der Waals surface area contributed by atoms with Crippen LogP contribution in [0.3, 0.4) is 0 Å². The Morgan fingerprint density at radius 2 is 2.44 bits per heavy atom. The van der Waals surface area contributed by atoms with Crippen molar-refractivity contribution < 1.29 is 0 Å². The molecule has 0 saturated heterocycles. The van der Waals surface area contributed by atoms with Crippen LogP contribution in [0.2, 0.25) is 5.15 Å². The summed E-state index contributed by atoms with van der Waals surface area (Å²) >= 11 is 6.67. The second-order valence-electron chi connectivity index (χ2n) is 2.68. The predicted molar refractivity (Wildman–Crippen MR) is 60.0 cm³/mol. The van der Waals surface area contributed by atoms with E-state index in [1.165, 1.54) is 12.3 Å². The standard InChI is InChI=1S/C8H4ClN5OS/c9-5-1-2-11-8(12-5)13-7-4(3-10)6(15)14-16-7/h1-2H,(H,14,15)(H,11,12,13). The number of aromatic amines is 1. The lowest BCUT2D eigenvalue weighted by Crippen LogP contribution is -2.03. The van der Waals surface area contributed by atoms with Gasteiger partial charge in [0.05, 0.1) is 0 Å². The molecule has 2 aromatic rings. The maximum atomic E-state index is 11.2. The molecule has 0 aromatic carbocycles. The number of H-pyrrole nitrogens is 1. The smallest absolute Gasteiger partial charge is 0.278 e. The fourth-order valence-electron chi connectivity index (χ4n) is 0.991. The SMILES string of the molecule is N#Cc1c(Nc2nccc(Cl)n2)s[nH]c1=O. The molecule has 8 heteroatoms. The molecule has 0 radical (unpaired) electrons. The molecule has 2 rings (SSSR count). The zero-order valence-electron chi connectivity index (χ0n) is 7.69. The monoisotopic (exact) mass is 253 g/mol. The summed E-state index contributed by atoms with van der Waals surface area (Å²) in [5, 5.41) is 12.1.